The first-order valence-corrected chi connectivity index (χ1v) is 15.7. The highest BCUT2D eigenvalue weighted by atomic mass is 32.2. The first kappa shape index (κ1) is 29.8. The molecule has 0 spiro atoms. The van der Waals surface area contributed by atoms with E-state index in [9.17, 15) is 24.3 Å². The Morgan fingerprint density at radius 1 is 0.976 bits per heavy atom. The van der Waals surface area contributed by atoms with E-state index < -0.39 is 18.1 Å². The predicted molar refractivity (Wildman–Crippen MR) is 160 cm³/mol. The molecule has 2 aliphatic heterocycles. The fourth-order valence-corrected chi connectivity index (χ4v) is 7.65. The number of benzene rings is 2. The van der Waals surface area contributed by atoms with Gasteiger partial charge in [-0.3, -0.25) is 4.79 Å². The Kier molecular flexibility index (Phi) is 9.89. The van der Waals surface area contributed by atoms with Crippen LogP contribution in [0.15, 0.2) is 48.5 Å². The maximum atomic E-state index is 12.5. The number of amides is 4. The summed E-state index contributed by atoms with van der Waals surface area (Å²) in [6.45, 7) is 0.572. The lowest BCUT2D eigenvalue weighted by Gasteiger charge is -2.17. The number of fused-ring (bicyclic) bond motifs is 4. The summed E-state index contributed by atoms with van der Waals surface area (Å²) in [5.74, 6) is -0.309. The van der Waals surface area contributed by atoms with Gasteiger partial charge in [-0.1, -0.05) is 55.0 Å². The minimum Gasteiger partial charge on any atom is -0.480 e. The molecule has 0 radical (unpaired) electrons. The van der Waals surface area contributed by atoms with Gasteiger partial charge in [0.25, 0.3) is 0 Å². The third-order valence-electron chi connectivity index (χ3n) is 8.26. The maximum absolute atomic E-state index is 12.5. The van der Waals surface area contributed by atoms with Crippen LogP contribution in [-0.2, 0) is 14.3 Å². The number of aliphatic carboxylic acids is 1. The zero-order valence-electron chi connectivity index (χ0n) is 23.5. The van der Waals surface area contributed by atoms with Crippen LogP contribution >= 0.6 is 11.8 Å². The number of hydrogen-bond acceptors (Lipinski definition) is 6. The average molecular weight is 595 g/mol. The van der Waals surface area contributed by atoms with Crippen molar-refractivity contribution in [2.24, 2.45) is 0 Å². The van der Waals surface area contributed by atoms with Gasteiger partial charge in [-0.2, -0.15) is 11.8 Å². The van der Waals surface area contributed by atoms with E-state index in [-0.39, 0.29) is 43.0 Å². The van der Waals surface area contributed by atoms with E-state index >= 15 is 0 Å². The number of hydrogen-bond donors (Lipinski definition) is 5. The summed E-state index contributed by atoms with van der Waals surface area (Å²) in [6, 6.07) is 15.3. The highest BCUT2D eigenvalue weighted by Gasteiger charge is 2.42. The van der Waals surface area contributed by atoms with E-state index in [0.717, 1.165) is 47.3 Å². The zero-order chi connectivity index (χ0) is 29.5. The summed E-state index contributed by atoms with van der Waals surface area (Å²) >= 11 is 1.87. The van der Waals surface area contributed by atoms with Crippen molar-refractivity contribution in [3.8, 4) is 11.1 Å². The number of carbonyl (C=O) groups excluding carboxylic acids is 3. The van der Waals surface area contributed by atoms with Crippen LogP contribution in [0.2, 0.25) is 0 Å². The van der Waals surface area contributed by atoms with Crippen molar-refractivity contribution in [3.63, 3.8) is 0 Å². The fourth-order valence-electron chi connectivity index (χ4n) is 6.10. The van der Waals surface area contributed by atoms with E-state index in [1.165, 1.54) is 0 Å². The standard InChI is InChI=1S/C31H38N4O6S/c36-27(15-6-5-14-26-28-25(18-42-26)33-30(39)35-28)32-16-8-7-13-24(29(37)38)34-31(40)41-17-23-21-11-3-1-9-19(21)20-10-2-4-12-22(20)23/h1-4,9-12,23-26,28H,5-8,13-18H2,(H,32,36)(H,34,40)(H,37,38)(H2,33,35,39)/t24-,25+,26-,28+/m0/s1. The highest BCUT2D eigenvalue weighted by Crippen LogP contribution is 2.44. The van der Waals surface area contributed by atoms with Crippen molar-refractivity contribution in [3.05, 3.63) is 59.7 Å². The molecule has 0 bridgehead atoms. The fraction of sp³-hybridized carbons (Fsp3) is 0.484. The lowest BCUT2D eigenvalue weighted by atomic mass is 9.98. The van der Waals surface area contributed by atoms with Gasteiger partial charge in [0.05, 0.1) is 12.1 Å². The van der Waals surface area contributed by atoms with Crippen molar-refractivity contribution >= 4 is 35.8 Å². The summed E-state index contributed by atoms with van der Waals surface area (Å²) in [5.41, 5.74) is 4.42. The molecule has 0 unspecified atom stereocenters. The number of alkyl carbamates (subject to hydrolysis) is 1. The van der Waals surface area contributed by atoms with Crippen LogP contribution in [0.25, 0.3) is 11.1 Å². The Morgan fingerprint density at radius 3 is 2.40 bits per heavy atom. The second-order valence-electron chi connectivity index (χ2n) is 11.1. The van der Waals surface area contributed by atoms with Crippen LogP contribution in [-0.4, -0.2) is 71.4 Å². The van der Waals surface area contributed by atoms with Gasteiger partial charge in [-0.25, -0.2) is 14.4 Å². The minimum absolute atomic E-state index is 0.0191. The Balaban J connectivity index is 0.954. The largest absolute Gasteiger partial charge is 0.480 e. The molecule has 2 aromatic rings. The van der Waals surface area contributed by atoms with Crippen LogP contribution in [0, 0.1) is 0 Å². The highest BCUT2D eigenvalue weighted by molar-refractivity contribution is 8.00. The molecule has 4 atom stereocenters. The van der Waals surface area contributed by atoms with E-state index in [2.05, 4.69) is 33.4 Å². The monoisotopic (exact) mass is 594 g/mol. The molecule has 5 N–H and O–H groups in total. The van der Waals surface area contributed by atoms with E-state index in [0.29, 0.717) is 31.1 Å². The summed E-state index contributed by atoms with van der Waals surface area (Å²) in [4.78, 5) is 48.0. The second kappa shape index (κ2) is 14.0. The molecular weight excluding hydrogens is 556 g/mol. The molecule has 5 rings (SSSR count). The third-order valence-corrected chi connectivity index (χ3v) is 9.76. The molecule has 3 aliphatic rings. The molecule has 2 heterocycles. The van der Waals surface area contributed by atoms with Crippen molar-refractivity contribution in [2.75, 3.05) is 18.9 Å². The normalized spacial score (nSPS) is 21.0. The SMILES string of the molecule is O=C(CCCC[C@@H]1SC[C@H]2NC(=O)N[C@@H]12)NCCCC[C@H](NC(=O)OCC1c2ccccc2-c2ccccc21)C(=O)O. The summed E-state index contributed by atoms with van der Waals surface area (Å²) < 4.78 is 5.49. The van der Waals surface area contributed by atoms with E-state index in [4.69, 9.17) is 4.74 Å². The van der Waals surface area contributed by atoms with Gasteiger partial charge in [0.15, 0.2) is 0 Å². The Morgan fingerprint density at radius 2 is 1.69 bits per heavy atom. The first-order valence-electron chi connectivity index (χ1n) is 14.7. The molecule has 1 aliphatic carbocycles. The molecular formula is C31H38N4O6S. The van der Waals surface area contributed by atoms with Crippen LogP contribution in [0.1, 0.15) is 62.0 Å². The van der Waals surface area contributed by atoms with Crippen LogP contribution < -0.4 is 21.3 Å². The van der Waals surface area contributed by atoms with Crippen LogP contribution in [0.3, 0.4) is 0 Å². The molecule has 4 amide bonds. The number of carboxylic acid groups (broad SMARTS) is 1. The number of carbonyl (C=O) groups is 4. The Labute approximate surface area is 249 Å². The van der Waals surface area contributed by atoms with Gasteiger partial charge in [0.2, 0.25) is 5.91 Å². The van der Waals surface area contributed by atoms with Gasteiger partial charge in [-0.05, 0) is 54.4 Å². The lowest BCUT2D eigenvalue weighted by molar-refractivity contribution is -0.139. The van der Waals surface area contributed by atoms with Gasteiger partial charge >= 0.3 is 18.1 Å². The molecule has 0 saturated carbocycles. The molecule has 2 saturated heterocycles. The first-order chi connectivity index (χ1) is 20.4. The molecule has 224 valence electrons. The third kappa shape index (κ3) is 7.18. The number of ether oxygens (including phenoxy) is 1. The van der Waals surface area contributed by atoms with Gasteiger partial charge in [0, 0.05) is 29.9 Å². The molecule has 42 heavy (non-hydrogen) atoms. The molecule has 11 heteroatoms. The van der Waals surface area contributed by atoms with E-state index in [1.54, 1.807) is 0 Å². The van der Waals surface area contributed by atoms with E-state index in [1.807, 2.05) is 48.2 Å². The maximum Gasteiger partial charge on any atom is 0.407 e. The number of urea groups is 1. The van der Waals surface area contributed by atoms with Crippen molar-refractivity contribution in [1.82, 2.24) is 21.3 Å². The van der Waals surface area contributed by atoms with Crippen molar-refractivity contribution < 1.29 is 29.0 Å². The number of nitrogens with one attached hydrogen (secondary N) is 4. The quantitative estimate of drug-likeness (QED) is 0.164. The van der Waals surface area contributed by atoms with Gasteiger partial charge in [-0.15, -0.1) is 0 Å². The summed E-state index contributed by atoms with van der Waals surface area (Å²) in [6.07, 6.45) is 3.74. The minimum atomic E-state index is -1.12. The molecule has 2 aromatic carbocycles. The number of rotatable bonds is 14. The molecule has 2 fully saturated rings. The summed E-state index contributed by atoms with van der Waals surface area (Å²) in [5, 5.41) is 21.3. The molecule has 10 nitrogen and oxygen atoms in total. The summed E-state index contributed by atoms with van der Waals surface area (Å²) in [7, 11) is 0. The Hall–Kier alpha value is -3.73. The lowest BCUT2D eigenvalue weighted by Crippen LogP contribution is -2.41. The average Bonchev–Trinajstić information content (AvgIpc) is 3.64. The van der Waals surface area contributed by atoms with Crippen LogP contribution in [0.4, 0.5) is 9.59 Å². The van der Waals surface area contributed by atoms with Gasteiger partial charge in [0.1, 0.15) is 12.6 Å². The topological polar surface area (TPSA) is 146 Å². The van der Waals surface area contributed by atoms with Crippen molar-refractivity contribution in [1.29, 1.82) is 0 Å². The molecule has 0 aromatic heterocycles. The number of thioether (sulfide) groups is 1. The predicted octanol–water partition coefficient (Wildman–Crippen LogP) is 3.99. The van der Waals surface area contributed by atoms with Crippen molar-refractivity contribution in [2.45, 2.75) is 74.2 Å². The smallest absolute Gasteiger partial charge is 0.407 e. The zero-order valence-corrected chi connectivity index (χ0v) is 24.3. The number of unbranched alkanes of at least 4 members (excludes halogenated alkanes) is 2. The van der Waals surface area contributed by atoms with Crippen LogP contribution in [0.5, 0.6) is 0 Å². The Bertz CT molecular complexity index is 1260. The van der Waals surface area contributed by atoms with Gasteiger partial charge < -0.3 is 31.1 Å². The second-order valence-corrected chi connectivity index (χ2v) is 12.3. The number of carboxylic acids is 1.